The Labute approximate surface area is 122 Å². The van der Waals surface area contributed by atoms with Crippen LogP contribution in [-0.4, -0.2) is 29.7 Å². The molecule has 7 nitrogen and oxygen atoms in total. The second-order valence-electron chi connectivity index (χ2n) is 4.34. The second-order valence-corrected chi connectivity index (χ2v) is 6.35. The molecule has 0 unspecified atom stereocenters. The molecule has 21 heavy (non-hydrogen) atoms. The molecule has 0 radical (unpaired) electrons. The third kappa shape index (κ3) is 3.23. The summed E-state index contributed by atoms with van der Waals surface area (Å²) in [5.41, 5.74) is 0.314. The Balaban J connectivity index is 2.36. The maximum Gasteiger partial charge on any atom is 0.289 e. The first-order valence-corrected chi connectivity index (χ1v) is 7.45. The summed E-state index contributed by atoms with van der Waals surface area (Å²) >= 11 is 0. The van der Waals surface area contributed by atoms with Crippen LogP contribution >= 0.6 is 0 Å². The number of hydrogen-bond acceptors (Lipinski definition) is 5. The van der Waals surface area contributed by atoms with Gasteiger partial charge < -0.3 is 0 Å². The van der Waals surface area contributed by atoms with E-state index in [1.165, 1.54) is 31.3 Å². The van der Waals surface area contributed by atoms with Crippen molar-refractivity contribution in [2.24, 2.45) is 0 Å². The molecule has 8 heteroatoms. The Hall–Kier alpha value is -2.32. The Morgan fingerprint density at radius 2 is 1.81 bits per heavy atom. The number of sulfonamides is 1. The quantitative estimate of drug-likeness (QED) is 0.620. The lowest BCUT2D eigenvalue weighted by atomic mass is 10.3. The fraction of sp³-hybridized carbons (Fsp3) is 0.154. The van der Waals surface area contributed by atoms with Crippen molar-refractivity contribution in [3.05, 3.63) is 64.5 Å². The van der Waals surface area contributed by atoms with Gasteiger partial charge in [-0.25, -0.2) is 8.42 Å². The van der Waals surface area contributed by atoms with Gasteiger partial charge in [-0.1, -0.05) is 12.1 Å². The van der Waals surface area contributed by atoms with Crippen molar-refractivity contribution in [1.29, 1.82) is 0 Å². The van der Waals surface area contributed by atoms with Gasteiger partial charge in [-0.05, 0) is 23.8 Å². The van der Waals surface area contributed by atoms with Crippen molar-refractivity contribution in [3.63, 3.8) is 0 Å². The lowest BCUT2D eigenvalue weighted by Gasteiger charge is -2.17. The van der Waals surface area contributed by atoms with E-state index in [0.717, 1.165) is 9.87 Å². The molecule has 1 aromatic heterocycles. The van der Waals surface area contributed by atoms with Gasteiger partial charge >= 0.3 is 0 Å². The van der Waals surface area contributed by atoms with Gasteiger partial charge in [0.2, 0.25) is 10.0 Å². The maximum atomic E-state index is 12.5. The summed E-state index contributed by atoms with van der Waals surface area (Å²) in [4.78, 5) is 13.8. The minimum absolute atomic E-state index is 0.108. The third-order valence-corrected chi connectivity index (χ3v) is 4.76. The number of nitrogens with zero attached hydrogens (tertiary/aromatic N) is 3. The highest BCUT2D eigenvalue weighted by Crippen LogP contribution is 2.26. The molecule has 0 atom stereocenters. The van der Waals surface area contributed by atoms with Crippen molar-refractivity contribution in [1.82, 2.24) is 9.29 Å². The number of aromatic nitrogens is 1. The van der Waals surface area contributed by atoms with Crippen LogP contribution in [0.5, 0.6) is 0 Å². The van der Waals surface area contributed by atoms with Gasteiger partial charge in [0.15, 0.2) is 4.90 Å². The maximum absolute atomic E-state index is 12.5. The predicted octanol–water partition coefficient (Wildman–Crippen LogP) is 1.81. The summed E-state index contributed by atoms with van der Waals surface area (Å²) < 4.78 is 26.0. The van der Waals surface area contributed by atoms with Gasteiger partial charge in [-0.2, -0.15) is 4.31 Å². The van der Waals surface area contributed by atoms with E-state index in [9.17, 15) is 18.5 Å². The molecule has 0 aliphatic rings. The molecule has 1 heterocycles. The summed E-state index contributed by atoms with van der Waals surface area (Å²) in [6.45, 7) is 0.108. The minimum atomic E-state index is -3.94. The standard InChI is InChI=1S/C13H13N3O4S/c1-15(10-11-6-8-14-9-7-11)21(19,20)13-5-3-2-4-12(13)16(17)18/h2-9H,10H2,1H3. The summed E-state index contributed by atoms with van der Waals surface area (Å²) in [6, 6.07) is 8.67. The molecule has 110 valence electrons. The van der Waals surface area contributed by atoms with Crippen LogP contribution in [-0.2, 0) is 16.6 Å². The number of nitro groups is 1. The zero-order chi connectivity index (χ0) is 15.5. The predicted molar refractivity (Wildman–Crippen MR) is 76.0 cm³/mol. The summed E-state index contributed by atoms with van der Waals surface area (Å²) in [6.07, 6.45) is 3.11. The molecule has 0 bridgehead atoms. The molecular formula is C13H13N3O4S. The van der Waals surface area contributed by atoms with Crippen LogP contribution in [0, 0.1) is 10.1 Å². The highest BCUT2D eigenvalue weighted by Gasteiger charge is 2.28. The average Bonchev–Trinajstić information content (AvgIpc) is 2.48. The minimum Gasteiger partial charge on any atom is -0.265 e. The van der Waals surface area contributed by atoms with E-state index in [0.29, 0.717) is 0 Å². The van der Waals surface area contributed by atoms with E-state index in [1.807, 2.05) is 0 Å². The van der Waals surface area contributed by atoms with Crippen LogP contribution in [0.3, 0.4) is 0 Å². The van der Waals surface area contributed by atoms with E-state index in [4.69, 9.17) is 0 Å². The van der Waals surface area contributed by atoms with Gasteiger partial charge in [-0.15, -0.1) is 0 Å². The Morgan fingerprint density at radius 3 is 2.43 bits per heavy atom. The lowest BCUT2D eigenvalue weighted by Crippen LogP contribution is -2.27. The smallest absolute Gasteiger partial charge is 0.265 e. The first-order chi connectivity index (χ1) is 9.93. The molecule has 0 saturated heterocycles. The van der Waals surface area contributed by atoms with Crippen molar-refractivity contribution in [3.8, 4) is 0 Å². The van der Waals surface area contributed by atoms with Crippen LogP contribution in [0.1, 0.15) is 5.56 Å². The van der Waals surface area contributed by atoms with Gasteiger partial charge in [0.25, 0.3) is 5.69 Å². The molecule has 0 N–H and O–H groups in total. The molecule has 0 saturated carbocycles. The molecule has 2 aromatic rings. The van der Waals surface area contributed by atoms with E-state index in [-0.39, 0.29) is 11.4 Å². The lowest BCUT2D eigenvalue weighted by molar-refractivity contribution is -0.387. The zero-order valence-corrected chi connectivity index (χ0v) is 12.0. The largest absolute Gasteiger partial charge is 0.289 e. The van der Waals surface area contributed by atoms with E-state index < -0.39 is 20.6 Å². The van der Waals surface area contributed by atoms with Crippen molar-refractivity contribution < 1.29 is 13.3 Å². The highest BCUT2D eigenvalue weighted by atomic mass is 32.2. The number of benzene rings is 1. The molecule has 0 aliphatic carbocycles. The van der Waals surface area contributed by atoms with Crippen LogP contribution in [0.2, 0.25) is 0 Å². The summed E-state index contributed by atoms with van der Waals surface area (Å²) in [7, 11) is -2.56. The average molecular weight is 307 g/mol. The monoisotopic (exact) mass is 307 g/mol. The third-order valence-electron chi connectivity index (χ3n) is 2.90. The molecule has 0 fully saturated rings. The number of para-hydroxylation sites is 1. The number of nitro benzene ring substituents is 1. The van der Waals surface area contributed by atoms with Gasteiger partial charge in [0, 0.05) is 32.1 Å². The Kier molecular flexibility index (Phi) is 4.29. The van der Waals surface area contributed by atoms with Crippen molar-refractivity contribution in [2.75, 3.05) is 7.05 Å². The molecule has 0 aliphatic heterocycles. The van der Waals surface area contributed by atoms with E-state index >= 15 is 0 Å². The van der Waals surface area contributed by atoms with Crippen molar-refractivity contribution in [2.45, 2.75) is 11.4 Å². The van der Waals surface area contributed by atoms with Gasteiger partial charge in [0.05, 0.1) is 4.92 Å². The fourth-order valence-electron chi connectivity index (χ4n) is 1.82. The Bertz CT molecular complexity index is 747. The number of pyridine rings is 1. The van der Waals surface area contributed by atoms with Crippen LogP contribution in [0.25, 0.3) is 0 Å². The zero-order valence-electron chi connectivity index (χ0n) is 11.2. The molecule has 0 amide bonds. The van der Waals surface area contributed by atoms with Gasteiger partial charge in [-0.3, -0.25) is 15.1 Å². The van der Waals surface area contributed by atoms with Gasteiger partial charge in [0.1, 0.15) is 0 Å². The SMILES string of the molecule is CN(Cc1ccncc1)S(=O)(=O)c1ccccc1[N+](=O)[O-]. The topological polar surface area (TPSA) is 93.4 Å². The fourth-order valence-corrected chi connectivity index (χ4v) is 3.14. The van der Waals surface area contributed by atoms with Crippen molar-refractivity contribution >= 4 is 15.7 Å². The summed E-state index contributed by atoms with van der Waals surface area (Å²) in [5.74, 6) is 0. The second kappa shape index (κ2) is 5.98. The van der Waals surface area contributed by atoms with E-state index in [2.05, 4.69) is 4.98 Å². The summed E-state index contributed by atoms with van der Waals surface area (Å²) in [5, 5.41) is 11.0. The highest BCUT2D eigenvalue weighted by molar-refractivity contribution is 7.89. The number of rotatable bonds is 5. The molecule has 1 aromatic carbocycles. The molecular weight excluding hydrogens is 294 g/mol. The Morgan fingerprint density at radius 1 is 1.19 bits per heavy atom. The van der Waals surface area contributed by atoms with Crippen LogP contribution < -0.4 is 0 Å². The van der Waals surface area contributed by atoms with Crippen LogP contribution in [0.15, 0.2) is 53.7 Å². The molecule has 2 rings (SSSR count). The first kappa shape index (κ1) is 15.1. The van der Waals surface area contributed by atoms with Crippen LogP contribution in [0.4, 0.5) is 5.69 Å². The first-order valence-electron chi connectivity index (χ1n) is 6.01. The number of hydrogen-bond donors (Lipinski definition) is 0. The molecule has 0 spiro atoms. The van der Waals surface area contributed by atoms with E-state index in [1.54, 1.807) is 24.5 Å². The normalized spacial score (nSPS) is 11.5.